The lowest BCUT2D eigenvalue weighted by atomic mass is 9.91. The summed E-state index contributed by atoms with van der Waals surface area (Å²) < 4.78 is 187. The third-order valence-electron chi connectivity index (χ3n) is 3.46. The largest absolute Gasteiger partial charge is 0.476 e. The number of aliphatic hydroxyl groups is 2. The molecule has 1 unspecified atom stereocenters. The molecule has 0 radical (unpaired) electrons. The molecular formula is C16H15F15O6. The van der Waals surface area contributed by atoms with Crippen LogP contribution in [-0.4, -0.2) is 80.9 Å². The summed E-state index contributed by atoms with van der Waals surface area (Å²) in [6, 6.07) is 0. The average molecular weight is 588 g/mol. The monoisotopic (exact) mass is 588 g/mol. The van der Waals surface area contributed by atoms with Gasteiger partial charge in [0.2, 0.25) is 11.7 Å². The van der Waals surface area contributed by atoms with Crippen molar-refractivity contribution in [3.05, 3.63) is 24.8 Å². The molecular weight excluding hydrogens is 573 g/mol. The minimum Gasteiger partial charge on any atom is -0.476 e. The van der Waals surface area contributed by atoms with E-state index in [0.29, 0.717) is 0 Å². The summed E-state index contributed by atoms with van der Waals surface area (Å²) in [6.07, 6.45) is -13.7. The molecule has 6 nitrogen and oxygen atoms in total. The Labute approximate surface area is 195 Å². The van der Waals surface area contributed by atoms with Gasteiger partial charge in [-0.3, -0.25) is 0 Å². The van der Waals surface area contributed by atoms with Gasteiger partial charge >= 0.3 is 47.7 Å². The van der Waals surface area contributed by atoms with Crippen molar-refractivity contribution in [2.45, 2.75) is 54.7 Å². The zero-order chi connectivity index (χ0) is 31.0. The van der Waals surface area contributed by atoms with E-state index >= 15 is 0 Å². The first kappa shape index (κ1) is 38.8. The second-order valence-electron chi connectivity index (χ2n) is 6.29. The van der Waals surface area contributed by atoms with Gasteiger partial charge in [0.1, 0.15) is 0 Å². The molecule has 0 aliphatic heterocycles. The highest BCUT2D eigenvalue weighted by molar-refractivity contribution is 5.83. The van der Waals surface area contributed by atoms with Gasteiger partial charge in [0.25, 0.3) is 0 Å². The van der Waals surface area contributed by atoms with Gasteiger partial charge in [-0.05, 0) is 6.42 Å². The van der Waals surface area contributed by atoms with Gasteiger partial charge in [0.05, 0.1) is 12.7 Å². The van der Waals surface area contributed by atoms with Crippen molar-refractivity contribution in [2.24, 2.45) is 0 Å². The topological polar surface area (TPSA) is 115 Å². The molecule has 0 bridgehead atoms. The average Bonchev–Trinajstić information content (AvgIpc) is 2.71. The number of carboxylic acid groups (broad SMARTS) is 2. The molecule has 1 atom stereocenters. The molecule has 0 aromatic rings. The van der Waals surface area contributed by atoms with Crippen molar-refractivity contribution in [1.82, 2.24) is 0 Å². The number of hydrogen-bond donors (Lipinski definition) is 4. The predicted molar refractivity (Wildman–Crippen MR) is 88.9 cm³/mol. The Bertz CT molecular complexity index is 759. The highest BCUT2D eigenvalue weighted by atomic mass is 19.4. The molecule has 0 fully saturated rings. The van der Waals surface area contributed by atoms with Crippen molar-refractivity contribution >= 4 is 11.9 Å². The minimum absolute atomic E-state index is 1.32. The molecule has 0 aromatic carbocycles. The summed E-state index contributed by atoms with van der Waals surface area (Å²) in [6.45, 7) is 3.64. The lowest BCUT2D eigenvalue weighted by Gasteiger charge is -2.39. The number of carboxylic acids is 2. The summed E-state index contributed by atoms with van der Waals surface area (Å²) >= 11 is 0. The number of aliphatic hydroxyl groups excluding tert-OH is 2. The molecule has 0 aliphatic carbocycles. The first-order chi connectivity index (χ1) is 16.0. The SMILES string of the molecule is C=C(F)C(=O)O.C=C(F)C(=O)O.OCC(O)CCC(F)(F)C(F)(F)C(F)(F)C(F)(F)C(F)(F)C(F)(F)F. The van der Waals surface area contributed by atoms with Gasteiger partial charge in [0, 0.05) is 6.42 Å². The van der Waals surface area contributed by atoms with Gasteiger partial charge in [-0.25, -0.2) is 9.59 Å². The number of halogens is 15. The highest BCUT2D eigenvalue weighted by Crippen LogP contribution is 2.60. The molecule has 21 heteroatoms. The Morgan fingerprint density at radius 3 is 1.14 bits per heavy atom. The highest BCUT2D eigenvalue weighted by Gasteiger charge is 2.90. The van der Waals surface area contributed by atoms with Crippen LogP contribution in [0.25, 0.3) is 0 Å². The number of aliphatic carboxylic acids is 2. The van der Waals surface area contributed by atoms with Crippen molar-refractivity contribution < 1.29 is 95.9 Å². The quantitative estimate of drug-likeness (QED) is 0.212. The van der Waals surface area contributed by atoms with E-state index in [4.69, 9.17) is 20.4 Å². The van der Waals surface area contributed by atoms with Crippen LogP contribution >= 0.6 is 0 Å². The van der Waals surface area contributed by atoms with Crippen molar-refractivity contribution in [3.63, 3.8) is 0 Å². The molecule has 0 aliphatic rings. The van der Waals surface area contributed by atoms with Crippen LogP contribution < -0.4 is 0 Å². The van der Waals surface area contributed by atoms with Crippen LogP contribution in [0.2, 0.25) is 0 Å². The lowest BCUT2D eigenvalue weighted by molar-refractivity contribution is -0.440. The maximum atomic E-state index is 13.1. The Kier molecular flexibility index (Phi) is 13.8. The van der Waals surface area contributed by atoms with Gasteiger partial charge in [-0.15, -0.1) is 0 Å². The van der Waals surface area contributed by atoms with Crippen LogP contribution in [0.1, 0.15) is 12.8 Å². The smallest absolute Gasteiger partial charge is 0.460 e. The maximum absolute atomic E-state index is 13.1. The third-order valence-corrected chi connectivity index (χ3v) is 3.46. The number of rotatable bonds is 10. The van der Waals surface area contributed by atoms with Crippen LogP contribution in [0, 0.1) is 0 Å². The molecule has 0 saturated carbocycles. The summed E-state index contributed by atoms with van der Waals surface area (Å²) in [4.78, 5) is 18.4. The van der Waals surface area contributed by atoms with Crippen LogP contribution in [0.15, 0.2) is 24.8 Å². The Morgan fingerprint density at radius 2 is 0.919 bits per heavy atom. The van der Waals surface area contributed by atoms with E-state index in [0.717, 1.165) is 0 Å². The van der Waals surface area contributed by atoms with Gasteiger partial charge in [-0.2, -0.15) is 65.9 Å². The van der Waals surface area contributed by atoms with E-state index in [1.54, 1.807) is 0 Å². The molecule has 0 aromatic heterocycles. The fourth-order valence-corrected chi connectivity index (χ4v) is 1.40. The number of carbonyl (C=O) groups is 2. The van der Waals surface area contributed by atoms with Gasteiger partial charge in [0.15, 0.2) is 0 Å². The molecule has 37 heavy (non-hydrogen) atoms. The first-order valence-corrected chi connectivity index (χ1v) is 8.39. The normalized spacial score (nSPS) is 13.9. The minimum atomic E-state index is -7.93. The van der Waals surface area contributed by atoms with Crippen molar-refractivity contribution in [1.29, 1.82) is 0 Å². The van der Waals surface area contributed by atoms with Crippen molar-refractivity contribution in [3.8, 4) is 0 Å². The standard InChI is InChI=1S/C10H9F13O2.2C3H3FO2/c11-5(12,2-1-4(25)3-24)6(13,14)7(15,16)8(17,18)9(19,20)10(21,22)23;2*1-2(4)3(5)6/h4,24-25H,1-3H2;2*1H2,(H,5,6). The molecule has 0 spiro atoms. The van der Waals surface area contributed by atoms with Gasteiger partial charge in [-0.1, -0.05) is 13.2 Å². The number of hydrogen-bond acceptors (Lipinski definition) is 4. The second-order valence-corrected chi connectivity index (χ2v) is 6.29. The van der Waals surface area contributed by atoms with E-state index in [9.17, 15) is 75.4 Å². The van der Waals surface area contributed by atoms with E-state index < -0.39 is 84.9 Å². The summed E-state index contributed by atoms with van der Waals surface area (Å²) in [5.41, 5.74) is 0. The van der Waals surface area contributed by atoms with E-state index in [1.807, 2.05) is 0 Å². The lowest BCUT2D eigenvalue weighted by Crippen LogP contribution is -2.70. The van der Waals surface area contributed by atoms with Gasteiger partial charge < -0.3 is 20.4 Å². The summed E-state index contributed by atoms with van der Waals surface area (Å²) in [7, 11) is 0. The molecule has 220 valence electrons. The summed E-state index contributed by atoms with van der Waals surface area (Å²) in [5.74, 6) is -42.9. The zero-order valence-corrected chi connectivity index (χ0v) is 17.4. The predicted octanol–water partition coefficient (Wildman–Crippen LogP) is 4.97. The Hall–Kier alpha value is -2.71. The summed E-state index contributed by atoms with van der Waals surface area (Å²) in [5, 5.41) is 31.9. The van der Waals surface area contributed by atoms with Crippen molar-refractivity contribution in [2.75, 3.05) is 6.61 Å². The van der Waals surface area contributed by atoms with E-state index in [2.05, 4.69) is 13.2 Å². The molecule has 0 saturated heterocycles. The first-order valence-electron chi connectivity index (χ1n) is 8.39. The van der Waals surface area contributed by atoms with Crippen LogP contribution in [-0.2, 0) is 9.59 Å². The molecule has 0 heterocycles. The fourth-order valence-electron chi connectivity index (χ4n) is 1.40. The Balaban J connectivity index is -0.000000790. The van der Waals surface area contributed by atoms with Crippen LogP contribution in [0.3, 0.4) is 0 Å². The third kappa shape index (κ3) is 9.59. The second kappa shape index (κ2) is 13.2. The fraction of sp³-hybridized carbons (Fsp3) is 0.625. The van der Waals surface area contributed by atoms with E-state index in [-0.39, 0.29) is 0 Å². The molecule has 4 N–H and O–H groups in total. The maximum Gasteiger partial charge on any atom is 0.460 e. The molecule has 0 rings (SSSR count). The zero-order valence-electron chi connectivity index (χ0n) is 17.4. The van der Waals surface area contributed by atoms with Crippen LogP contribution in [0.5, 0.6) is 0 Å². The Morgan fingerprint density at radius 1 is 0.649 bits per heavy atom. The van der Waals surface area contributed by atoms with E-state index in [1.165, 1.54) is 0 Å². The van der Waals surface area contributed by atoms with Crippen LogP contribution in [0.4, 0.5) is 65.9 Å². The molecule has 0 amide bonds. The number of alkyl halides is 13.